The zero-order valence-electron chi connectivity index (χ0n) is 14.0. The molecule has 0 saturated heterocycles. The van der Waals surface area contributed by atoms with Crippen molar-refractivity contribution in [2.24, 2.45) is 5.92 Å². The van der Waals surface area contributed by atoms with Crippen molar-refractivity contribution in [3.8, 4) is 11.6 Å². The molecular formula is C18H19N5O2. The number of rotatable bonds is 4. The van der Waals surface area contributed by atoms with Crippen molar-refractivity contribution >= 4 is 17.4 Å². The summed E-state index contributed by atoms with van der Waals surface area (Å²) >= 11 is 0. The molecule has 0 bridgehead atoms. The van der Waals surface area contributed by atoms with Crippen LogP contribution in [0.25, 0.3) is 17.2 Å². The van der Waals surface area contributed by atoms with E-state index in [2.05, 4.69) is 20.4 Å². The van der Waals surface area contributed by atoms with Gasteiger partial charge in [0.2, 0.25) is 11.7 Å². The van der Waals surface area contributed by atoms with Gasteiger partial charge in [-0.3, -0.25) is 4.79 Å². The van der Waals surface area contributed by atoms with Gasteiger partial charge in [0.25, 0.3) is 0 Å². The number of aromatic nitrogens is 4. The lowest BCUT2D eigenvalue weighted by Crippen LogP contribution is -2.15. The Morgan fingerprint density at radius 3 is 2.72 bits per heavy atom. The van der Waals surface area contributed by atoms with Crippen molar-refractivity contribution in [1.82, 2.24) is 19.6 Å². The lowest BCUT2D eigenvalue weighted by atomic mass is 9.85. The molecule has 0 spiro atoms. The second-order valence-corrected chi connectivity index (χ2v) is 7.01. The maximum absolute atomic E-state index is 12.1. The second kappa shape index (κ2) is 5.40. The van der Waals surface area contributed by atoms with E-state index in [4.69, 9.17) is 4.42 Å². The Bertz CT molecular complexity index is 965. The molecule has 0 aliphatic heterocycles. The Balaban J connectivity index is 1.61. The topological polar surface area (TPSA) is 85.3 Å². The van der Waals surface area contributed by atoms with Crippen LogP contribution in [0.4, 0.5) is 5.82 Å². The highest BCUT2D eigenvalue weighted by molar-refractivity contribution is 5.93. The van der Waals surface area contributed by atoms with E-state index in [1.807, 2.05) is 19.1 Å². The fourth-order valence-corrected chi connectivity index (χ4v) is 3.10. The fraction of sp³-hybridized carbons (Fsp3) is 0.444. The zero-order chi connectivity index (χ0) is 17.0. The van der Waals surface area contributed by atoms with Crippen LogP contribution in [0.1, 0.15) is 49.6 Å². The van der Waals surface area contributed by atoms with Gasteiger partial charge in [-0.15, -0.1) is 5.10 Å². The molecule has 2 fully saturated rings. The molecule has 7 nitrogen and oxygen atoms in total. The second-order valence-electron chi connectivity index (χ2n) is 7.01. The maximum atomic E-state index is 12.1. The number of aryl methyl sites for hydroxylation is 1. The third kappa shape index (κ3) is 2.59. The van der Waals surface area contributed by atoms with Crippen LogP contribution < -0.4 is 5.32 Å². The molecular weight excluding hydrogens is 318 g/mol. The van der Waals surface area contributed by atoms with Crippen molar-refractivity contribution in [2.75, 3.05) is 5.32 Å². The summed E-state index contributed by atoms with van der Waals surface area (Å²) in [5, 5.41) is 7.56. The first-order valence-corrected chi connectivity index (χ1v) is 8.83. The normalized spacial score (nSPS) is 17.6. The number of hydrogen-bond donors (Lipinski definition) is 1. The quantitative estimate of drug-likeness (QED) is 0.789. The van der Waals surface area contributed by atoms with Gasteiger partial charge in [0.15, 0.2) is 17.2 Å². The van der Waals surface area contributed by atoms with Gasteiger partial charge in [-0.25, -0.2) is 9.97 Å². The zero-order valence-corrected chi connectivity index (χ0v) is 14.0. The summed E-state index contributed by atoms with van der Waals surface area (Å²) in [7, 11) is 0. The van der Waals surface area contributed by atoms with E-state index in [1.165, 1.54) is 6.42 Å². The van der Waals surface area contributed by atoms with Crippen LogP contribution in [0.5, 0.6) is 0 Å². The SMILES string of the molecule is Cc1ccc(-c2nc(NC(=O)C3CC3)cc3nc(C4CCC4)nn23)o1. The van der Waals surface area contributed by atoms with Crippen LogP contribution in [0, 0.1) is 12.8 Å². The summed E-state index contributed by atoms with van der Waals surface area (Å²) in [6.45, 7) is 1.89. The first kappa shape index (κ1) is 14.6. The molecule has 2 aliphatic carbocycles. The molecule has 0 radical (unpaired) electrons. The maximum Gasteiger partial charge on any atom is 0.228 e. The molecule has 25 heavy (non-hydrogen) atoms. The molecule has 3 aromatic heterocycles. The number of hydrogen-bond acceptors (Lipinski definition) is 5. The van der Waals surface area contributed by atoms with E-state index in [-0.39, 0.29) is 11.8 Å². The van der Waals surface area contributed by atoms with Crippen LogP contribution in [-0.2, 0) is 4.79 Å². The predicted molar refractivity (Wildman–Crippen MR) is 91.2 cm³/mol. The summed E-state index contributed by atoms with van der Waals surface area (Å²) in [4.78, 5) is 21.4. The molecule has 0 unspecified atom stereocenters. The van der Waals surface area contributed by atoms with Gasteiger partial charge >= 0.3 is 0 Å². The third-order valence-electron chi connectivity index (χ3n) is 4.97. The van der Waals surface area contributed by atoms with Gasteiger partial charge in [-0.1, -0.05) is 6.42 Å². The molecule has 5 rings (SSSR count). The Labute approximate surface area is 144 Å². The first-order valence-electron chi connectivity index (χ1n) is 8.83. The van der Waals surface area contributed by atoms with E-state index in [1.54, 1.807) is 10.6 Å². The molecule has 1 amide bonds. The van der Waals surface area contributed by atoms with Crippen LogP contribution in [0.2, 0.25) is 0 Å². The molecule has 3 aromatic rings. The van der Waals surface area contributed by atoms with Gasteiger partial charge in [0, 0.05) is 17.9 Å². The Morgan fingerprint density at radius 1 is 1.24 bits per heavy atom. The predicted octanol–water partition coefficient (Wildman–Crippen LogP) is 3.31. The van der Waals surface area contributed by atoms with Gasteiger partial charge in [-0.05, 0) is 44.7 Å². The van der Waals surface area contributed by atoms with Crippen molar-refractivity contribution in [3.63, 3.8) is 0 Å². The minimum absolute atomic E-state index is 0.0251. The standard InChI is InChI=1S/C18H19N5O2/c1-10-5-8-13(25-10)17-19-14(20-18(24)12-6-7-12)9-15-21-16(22-23(15)17)11-3-2-4-11/h5,8-9,11-12H,2-4,6-7H2,1H3,(H,20,24). The average molecular weight is 337 g/mol. The summed E-state index contributed by atoms with van der Waals surface area (Å²) in [5.41, 5.74) is 0.687. The highest BCUT2D eigenvalue weighted by Crippen LogP contribution is 2.35. The molecule has 2 saturated carbocycles. The fourth-order valence-electron chi connectivity index (χ4n) is 3.10. The van der Waals surface area contributed by atoms with Gasteiger partial charge in [-0.2, -0.15) is 4.52 Å². The van der Waals surface area contributed by atoms with E-state index < -0.39 is 0 Å². The number of carbonyl (C=O) groups is 1. The van der Waals surface area contributed by atoms with Crippen LogP contribution in [0.3, 0.4) is 0 Å². The molecule has 0 atom stereocenters. The van der Waals surface area contributed by atoms with Gasteiger partial charge < -0.3 is 9.73 Å². The lowest BCUT2D eigenvalue weighted by molar-refractivity contribution is -0.117. The van der Waals surface area contributed by atoms with Crippen molar-refractivity contribution in [1.29, 1.82) is 0 Å². The minimum atomic E-state index is 0.0251. The van der Waals surface area contributed by atoms with Crippen molar-refractivity contribution < 1.29 is 9.21 Å². The average Bonchev–Trinajstić information content (AvgIpc) is 3.18. The molecule has 7 heteroatoms. The van der Waals surface area contributed by atoms with E-state index in [0.29, 0.717) is 29.0 Å². The summed E-state index contributed by atoms with van der Waals surface area (Å²) < 4.78 is 7.46. The smallest absolute Gasteiger partial charge is 0.228 e. The number of nitrogens with one attached hydrogen (secondary N) is 1. The lowest BCUT2D eigenvalue weighted by Gasteiger charge is -2.21. The molecule has 0 aromatic carbocycles. The Hall–Kier alpha value is -2.70. The van der Waals surface area contributed by atoms with Crippen molar-refractivity contribution in [3.05, 3.63) is 29.8 Å². The van der Waals surface area contributed by atoms with E-state index >= 15 is 0 Å². The summed E-state index contributed by atoms with van der Waals surface area (Å²) in [6.07, 6.45) is 5.39. The highest BCUT2D eigenvalue weighted by Gasteiger charge is 2.30. The Morgan fingerprint density at radius 2 is 2.08 bits per heavy atom. The summed E-state index contributed by atoms with van der Waals surface area (Å²) in [5.74, 6) is 3.91. The third-order valence-corrected chi connectivity index (χ3v) is 4.97. The molecule has 3 heterocycles. The number of carbonyl (C=O) groups excluding carboxylic acids is 1. The number of amides is 1. The number of nitrogens with zero attached hydrogens (tertiary/aromatic N) is 4. The Kier molecular flexibility index (Phi) is 3.16. The van der Waals surface area contributed by atoms with Crippen LogP contribution >= 0.6 is 0 Å². The highest BCUT2D eigenvalue weighted by atomic mass is 16.3. The van der Waals surface area contributed by atoms with E-state index in [9.17, 15) is 4.79 Å². The summed E-state index contributed by atoms with van der Waals surface area (Å²) in [6, 6.07) is 5.55. The monoisotopic (exact) mass is 337 g/mol. The van der Waals surface area contributed by atoms with E-state index in [0.717, 1.165) is 37.3 Å². The van der Waals surface area contributed by atoms with Crippen LogP contribution in [0.15, 0.2) is 22.6 Å². The number of furan rings is 1. The molecule has 1 N–H and O–H groups in total. The molecule has 128 valence electrons. The van der Waals surface area contributed by atoms with Crippen LogP contribution in [-0.4, -0.2) is 25.5 Å². The number of fused-ring (bicyclic) bond motifs is 1. The van der Waals surface area contributed by atoms with Gasteiger partial charge in [0.05, 0.1) is 0 Å². The number of anilines is 1. The first-order chi connectivity index (χ1) is 12.2. The van der Waals surface area contributed by atoms with Crippen molar-refractivity contribution in [2.45, 2.75) is 44.9 Å². The molecule has 2 aliphatic rings. The largest absolute Gasteiger partial charge is 0.458 e. The van der Waals surface area contributed by atoms with Gasteiger partial charge in [0.1, 0.15) is 11.6 Å². The minimum Gasteiger partial charge on any atom is -0.458 e.